The number of hydrogen-bond acceptors (Lipinski definition) is 5. The summed E-state index contributed by atoms with van der Waals surface area (Å²) < 4.78 is 69.2. The molecule has 0 saturated carbocycles. The molecule has 0 atom stereocenters. The fourth-order valence-corrected chi connectivity index (χ4v) is 4.22. The Morgan fingerprint density at radius 1 is 1.09 bits per heavy atom. The van der Waals surface area contributed by atoms with E-state index in [-0.39, 0.29) is 16.5 Å². The molecular formula is C21H11F3N4O3S. The number of sulfonamides is 1. The second-order valence-electron chi connectivity index (χ2n) is 6.61. The Hall–Kier alpha value is -4.17. The van der Waals surface area contributed by atoms with Crippen LogP contribution in [0.4, 0.5) is 18.9 Å². The highest BCUT2D eigenvalue weighted by molar-refractivity contribution is 7.92. The molecule has 0 aliphatic carbocycles. The van der Waals surface area contributed by atoms with Crippen molar-refractivity contribution in [3.05, 3.63) is 89.0 Å². The molecule has 0 aliphatic heterocycles. The number of H-pyrrole nitrogens is 1. The molecule has 2 aromatic heterocycles. The zero-order chi connectivity index (χ0) is 23.0. The summed E-state index contributed by atoms with van der Waals surface area (Å²) >= 11 is 0. The van der Waals surface area contributed by atoms with E-state index in [1.54, 1.807) is 0 Å². The van der Waals surface area contributed by atoms with E-state index in [2.05, 4.69) is 9.97 Å². The molecule has 11 heteroatoms. The van der Waals surface area contributed by atoms with Crippen molar-refractivity contribution in [2.24, 2.45) is 0 Å². The molecule has 4 aromatic rings. The molecule has 0 fully saturated rings. The van der Waals surface area contributed by atoms with E-state index >= 15 is 4.39 Å². The molecule has 7 nitrogen and oxygen atoms in total. The molecule has 2 N–H and O–H groups in total. The third-order valence-electron chi connectivity index (χ3n) is 4.58. The second kappa shape index (κ2) is 7.82. The van der Waals surface area contributed by atoms with Gasteiger partial charge >= 0.3 is 0 Å². The second-order valence-corrected chi connectivity index (χ2v) is 8.26. The largest absolute Gasteiger partial charge is 0.345 e. The smallest absolute Gasteiger partial charge is 0.265 e. The van der Waals surface area contributed by atoms with Crippen LogP contribution < -0.4 is 4.72 Å². The van der Waals surface area contributed by atoms with Crippen molar-refractivity contribution in [3.63, 3.8) is 0 Å². The van der Waals surface area contributed by atoms with Gasteiger partial charge in [0.15, 0.2) is 11.6 Å². The number of benzene rings is 2. The Labute approximate surface area is 179 Å². The lowest BCUT2D eigenvalue weighted by molar-refractivity contribution is 0.103. The van der Waals surface area contributed by atoms with Crippen LogP contribution in [0.25, 0.3) is 11.0 Å². The number of aromatic amines is 1. The standard InChI is InChI=1S/C21H11F3N4O3S/c22-12-4-5-16(23)18(7-12)32(30,31)28-17-3-1-2-13(19(17)24)20(29)15-10-27-21-14(15)6-11(8-25)9-26-21/h1-7,9-10,28H,(H,26,27). The average Bonchev–Trinajstić information content (AvgIpc) is 3.19. The Kier molecular flexibility index (Phi) is 5.15. The summed E-state index contributed by atoms with van der Waals surface area (Å²) in [7, 11) is -4.70. The Morgan fingerprint density at radius 2 is 1.88 bits per heavy atom. The number of carbonyl (C=O) groups is 1. The van der Waals surface area contributed by atoms with Crippen molar-refractivity contribution in [1.82, 2.24) is 9.97 Å². The molecule has 0 amide bonds. The number of pyridine rings is 1. The molecular weight excluding hydrogens is 445 g/mol. The van der Waals surface area contributed by atoms with Crippen LogP contribution in [0, 0.1) is 28.8 Å². The highest BCUT2D eigenvalue weighted by Crippen LogP contribution is 2.27. The van der Waals surface area contributed by atoms with Gasteiger partial charge in [-0.3, -0.25) is 9.52 Å². The lowest BCUT2D eigenvalue weighted by Gasteiger charge is -2.11. The van der Waals surface area contributed by atoms with Gasteiger partial charge in [-0.15, -0.1) is 0 Å². The maximum atomic E-state index is 15.1. The minimum Gasteiger partial charge on any atom is -0.345 e. The van der Waals surface area contributed by atoms with Crippen LogP contribution in [-0.4, -0.2) is 24.2 Å². The van der Waals surface area contributed by atoms with Gasteiger partial charge in [-0.05, 0) is 36.4 Å². The number of halogens is 3. The molecule has 4 rings (SSSR count). The van der Waals surface area contributed by atoms with E-state index in [1.807, 2.05) is 10.8 Å². The Balaban J connectivity index is 1.74. The normalized spacial score (nSPS) is 11.3. The number of aromatic nitrogens is 2. The fourth-order valence-electron chi connectivity index (χ4n) is 3.07. The molecule has 0 unspecified atom stereocenters. The van der Waals surface area contributed by atoms with Crippen LogP contribution in [0.15, 0.2) is 59.8 Å². The summed E-state index contributed by atoms with van der Waals surface area (Å²) in [6.07, 6.45) is 2.59. The molecule has 0 spiro atoms. The lowest BCUT2D eigenvalue weighted by Crippen LogP contribution is -2.17. The van der Waals surface area contributed by atoms with E-state index < -0.39 is 49.4 Å². The number of nitrogens with one attached hydrogen (secondary N) is 2. The van der Waals surface area contributed by atoms with Gasteiger partial charge in [-0.25, -0.2) is 26.6 Å². The summed E-state index contributed by atoms with van der Waals surface area (Å²) in [5.41, 5.74) is -0.612. The zero-order valence-electron chi connectivity index (χ0n) is 15.9. The summed E-state index contributed by atoms with van der Waals surface area (Å²) in [4.78, 5) is 18.7. The van der Waals surface area contributed by atoms with E-state index in [1.165, 1.54) is 24.5 Å². The van der Waals surface area contributed by atoms with Gasteiger partial charge in [0.1, 0.15) is 28.2 Å². The van der Waals surface area contributed by atoms with Crippen LogP contribution in [-0.2, 0) is 10.0 Å². The van der Waals surface area contributed by atoms with Crippen molar-refractivity contribution >= 4 is 32.5 Å². The first-order valence-corrected chi connectivity index (χ1v) is 10.4. The van der Waals surface area contributed by atoms with Gasteiger partial charge in [0.05, 0.1) is 16.8 Å². The molecule has 2 heterocycles. The number of nitriles is 1. The maximum absolute atomic E-state index is 15.1. The summed E-state index contributed by atoms with van der Waals surface area (Å²) in [5.74, 6) is -4.24. The topological polar surface area (TPSA) is 116 Å². The van der Waals surface area contributed by atoms with Crippen LogP contribution in [0.5, 0.6) is 0 Å². The number of carbonyl (C=O) groups excluding carboxylic acids is 1. The van der Waals surface area contributed by atoms with Crippen molar-refractivity contribution in [1.29, 1.82) is 5.26 Å². The predicted octanol–water partition coefficient (Wildman–Crippen LogP) is 3.88. The zero-order valence-corrected chi connectivity index (χ0v) is 16.7. The molecule has 0 aliphatic rings. The summed E-state index contributed by atoms with van der Waals surface area (Å²) in [5, 5.41) is 9.32. The first kappa shape index (κ1) is 21.1. The van der Waals surface area contributed by atoms with Crippen molar-refractivity contribution in [2.45, 2.75) is 4.90 Å². The molecule has 32 heavy (non-hydrogen) atoms. The van der Waals surface area contributed by atoms with Crippen molar-refractivity contribution < 1.29 is 26.4 Å². The van der Waals surface area contributed by atoms with Crippen LogP contribution in [0.1, 0.15) is 21.5 Å². The SMILES string of the molecule is N#Cc1cnc2[nH]cc(C(=O)c3cccc(NS(=O)(=O)c4cc(F)ccc4F)c3F)c2c1. The van der Waals surface area contributed by atoms with Gasteiger partial charge in [0.2, 0.25) is 0 Å². The highest BCUT2D eigenvalue weighted by Gasteiger charge is 2.25. The van der Waals surface area contributed by atoms with E-state index in [4.69, 9.17) is 5.26 Å². The average molecular weight is 456 g/mol. The Morgan fingerprint density at radius 3 is 2.62 bits per heavy atom. The third-order valence-corrected chi connectivity index (χ3v) is 5.96. The van der Waals surface area contributed by atoms with Gasteiger partial charge in [-0.1, -0.05) is 6.07 Å². The minimum atomic E-state index is -4.70. The van der Waals surface area contributed by atoms with Crippen LogP contribution in [0.3, 0.4) is 0 Å². The number of ketones is 1. The predicted molar refractivity (Wildman–Crippen MR) is 108 cm³/mol. The summed E-state index contributed by atoms with van der Waals surface area (Å²) in [6, 6.07) is 8.51. The maximum Gasteiger partial charge on any atom is 0.265 e. The number of fused-ring (bicyclic) bond motifs is 1. The number of nitrogens with zero attached hydrogens (tertiary/aromatic N) is 2. The quantitative estimate of drug-likeness (QED) is 0.442. The van der Waals surface area contributed by atoms with Crippen molar-refractivity contribution in [2.75, 3.05) is 4.72 Å². The van der Waals surface area contributed by atoms with E-state index in [0.717, 1.165) is 18.2 Å². The monoisotopic (exact) mass is 456 g/mol. The number of anilines is 1. The molecule has 0 radical (unpaired) electrons. The van der Waals surface area contributed by atoms with E-state index in [9.17, 15) is 22.0 Å². The highest BCUT2D eigenvalue weighted by atomic mass is 32.2. The van der Waals surface area contributed by atoms with Crippen LogP contribution >= 0.6 is 0 Å². The van der Waals surface area contributed by atoms with E-state index in [0.29, 0.717) is 17.8 Å². The third kappa shape index (κ3) is 3.67. The first-order chi connectivity index (χ1) is 15.2. The van der Waals surface area contributed by atoms with Crippen LogP contribution in [0.2, 0.25) is 0 Å². The van der Waals surface area contributed by atoms with Crippen molar-refractivity contribution in [3.8, 4) is 6.07 Å². The number of rotatable bonds is 5. The Bertz CT molecular complexity index is 1540. The van der Waals surface area contributed by atoms with Gasteiger partial charge in [-0.2, -0.15) is 5.26 Å². The fraction of sp³-hybridized carbons (Fsp3) is 0. The lowest BCUT2D eigenvalue weighted by atomic mass is 10.0. The van der Waals surface area contributed by atoms with Gasteiger partial charge in [0, 0.05) is 23.3 Å². The first-order valence-electron chi connectivity index (χ1n) is 8.89. The van der Waals surface area contributed by atoms with Gasteiger partial charge < -0.3 is 4.98 Å². The number of hydrogen-bond donors (Lipinski definition) is 2. The molecule has 0 saturated heterocycles. The molecule has 2 aromatic carbocycles. The van der Waals surface area contributed by atoms with Gasteiger partial charge in [0.25, 0.3) is 10.0 Å². The minimum absolute atomic E-state index is 0.0136. The molecule has 160 valence electrons. The molecule has 0 bridgehead atoms. The summed E-state index contributed by atoms with van der Waals surface area (Å²) in [6.45, 7) is 0.